The second kappa shape index (κ2) is 8.43. The van der Waals surface area contributed by atoms with Crippen LogP contribution in [0.1, 0.15) is 6.42 Å². The summed E-state index contributed by atoms with van der Waals surface area (Å²) in [6.07, 6.45) is 2.25. The van der Waals surface area contributed by atoms with E-state index in [4.69, 9.17) is 9.47 Å². The van der Waals surface area contributed by atoms with Crippen LogP contribution in [0.15, 0.2) is 11.1 Å². The number of nitrogens with one attached hydrogen (secondary N) is 2. The van der Waals surface area contributed by atoms with E-state index in [1.165, 1.54) is 6.33 Å². The van der Waals surface area contributed by atoms with E-state index in [1.54, 1.807) is 7.11 Å². The highest BCUT2D eigenvalue weighted by Gasteiger charge is 2.03. The average molecular weight is 353 g/mol. The molecule has 1 heterocycles. The summed E-state index contributed by atoms with van der Waals surface area (Å²) in [7, 11) is 1.64. The van der Waals surface area contributed by atoms with Crippen molar-refractivity contribution >= 4 is 28.4 Å². The molecule has 0 atom stereocenters. The lowest BCUT2D eigenvalue weighted by atomic mass is 10.4. The standard InChI is InChI=1S/C10H16IN3O3/c1-16-5-6-17-4-2-3-12-9-8(11)10(15)14-7-13-9/h7H,2-6H2,1H3,(H2,12,13,14,15). The van der Waals surface area contributed by atoms with Crippen LogP contribution in [0.5, 0.6) is 0 Å². The maximum Gasteiger partial charge on any atom is 0.266 e. The molecule has 0 aliphatic heterocycles. The summed E-state index contributed by atoms with van der Waals surface area (Å²) >= 11 is 1.97. The lowest BCUT2D eigenvalue weighted by Crippen LogP contribution is -2.16. The summed E-state index contributed by atoms with van der Waals surface area (Å²) < 4.78 is 10.7. The summed E-state index contributed by atoms with van der Waals surface area (Å²) in [6, 6.07) is 0. The number of methoxy groups -OCH3 is 1. The summed E-state index contributed by atoms with van der Waals surface area (Å²) in [5.74, 6) is 0.617. The molecule has 1 rings (SSSR count). The van der Waals surface area contributed by atoms with E-state index in [2.05, 4.69) is 15.3 Å². The lowest BCUT2D eigenvalue weighted by molar-refractivity contribution is 0.0705. The van der Waals surface area contributed by atoms with Gasteiger partial charge < -0.3 is 19.8 Å². The van der Waals surface area contributed by atoms with Crippen LogP contribution in [0.2, 0.25) is 0 Å². The van der Waals surface area contributed by atoms with Crippen molar-refractivity contribution in [2.24, 2.45) is 0 Å². The maximum absolute atomic E-state index is 11.3. The molecule has 0 aliphatic rings. The Labute approximate surface area is 113 Å². The number of hydrogen-bond acceptors (Lipinski definition) is 5. The van der Waals surface area contributed by atoms with Gasteiger partial charge in [0.2, 0.25) is 0 Å². The summed E-state index contributed by atoms with van der Waals surface area (Å²) in [5, 5.41) is 3.09. The molecule has 0 spiro atoms. The molecular weight excluding hydrogens is 337 g/mol. The van der Waals surface area contributed by atoms with Crippen LogP contribution in [-0.2, 0) is 9.47 Å². The van der Waals surface area contributed by atoms with Gasteiger partial charge in [-0.2, -0.15) is 0 Å². The lowest BCUT2D eigenvalue weighted by Gasteiger charge is -2.07. The molecule has 0 saturated heterocycles. The van der Waals surface area contributed by atoms with Crippen molar-refractivity contribution in [1.29, 1.82) is 0 Å². The van der Waals surface area contributed by atoms with Gasteiger partial charge in [0.25, 0.3) is 5.56 Å². The van der Waals surface area contributed by atoms with E-state index < -0.39 is 0 Å². The van der Waals surface area contributed by atoms with Crippen molar-refractivity contribution in [3.63, 3.8) is 0 Å². The number of halogens is 1. The molecule has 0 fully saturated rings. The van der Waals surface area contributed by atoms with Crippen LogP contribution in [0.3, 0.4) is 0 Å². The Morgan fingerprint density at radius 2 is 2.29 bits per heavy atom. The zero-order valence-corrected chi connectivity index (χ0v) is 11.8. The number of aromatic nitrogens is 2. The molecule has 7 heteroatoms. The summed E-state index contributed by atoms with van der Waals surface area (Å²) in [5.41, 5.74) is -0.126. The Morgan fingerprint density at radius 3 is 3.06 bits per heavy atom. The molecule has 6 nitrogen and oxygen atoms in total. The first kappa shape index (κ1) is 14.4. The fourth-order valence-corrected chi connectivity index (χ4v) is 1.62. The average Bonchev–Trinajstić information content (AvgIpc) is 2.33. The second-order valence-electron chi connectivity index (χ2n) is 3.28. The predicted octanol–water partition coefficient (Wildman–Crippen LogP) is 0.839. The highest BCUT2D eigenvalue weighted by atomic mass is 127. The summed E-state index contributed by atoms with van der Waals surface area (Å²) in [4.78, 5) is 17.8. The van der Waals surface area contributed by atoms with Crippen molar-refractivity contribution < 1.29 is 9.47 Å². The molecule has 1 aromatic rings. The molecule has 0 aliphatic carbocycles. The maximum atomic E-state index is 11.3. The normalized spacial score (nSPS) is 10.5. The topological polar surface area (TPSA) is 76.2 Å². The second-order valence-corrected chi connectivity index (χ2v) is 4.36. The number of rotatable bonds is 8. The fraction of sp³-hybridized carbons (Fsp3) is 0.600. The molecular formula is C10H16IN3O3. The fourth-order valence-electron chi connectivity index (χ4n) is 1.13. The van der Waals surface area contributed by atoms with E-state index in [0.29, 0.717) is 29.2 Å². The molecule has 96 valence electrons. The van der Waals surface area contributed by atoms with Crippen molar-refractivity contribution in [2.45, 2.75) is 6.42 Å². The molecule has 2 N–H and O–H groups in total. The molecule has 0 saturated carbocycles. The van der Waals surface area contributed by atoms with Crippen LogP contribution in [0.25, 0.3) is 0 Å². The first-order chi connectivity index (χ1) is 8.25. The van der Waals surface area contributed by atoms with Crippen LogP contribution >= 0.6 is 22.6 Å². The minimum Gasteiger partial charge on any atom is -0.382 e. The third-order valence-electron chi connectivity index (χ3n) is 1.99. The van der Waals surface area contributed by atoms with E-state index in [1.807, 2.05) is 22.6 Å². The Kier molecular flexibility index (Phi) is 7.13. The Morgan fingerprint density at radius 1 is 1.47 bits per heavy atom. The van der Waals surface area contributed by atoms with Crippen LogP contribution < -0.4 is 10.9 Å². The van der Waals surface area contributed by atoms with E-state index in [-0.39, 0.29) is 5.56 Å². The van der Waals surface area contributed by atoms with Crippen molar-refractivity contribution in [1.82, 2.24) is 9.97 Å². The molecule has 1 aromatic heterocycles. The molecule has 0 unspecified atom stereocenters. The minimum absolute atomic E-state index is 0.126. The third-order valence-corrected chi connectivity index (χ3v) is 2.99. The minimum atomic E-state index is -0.126. The summed E-state index contributed by atoms with van der Waals surface area (Å²) in [6.45, 7) is 2.60. The number of anilines is 1. The Bertz CT molecular complexity index is 383. The molecule has 0 radical (unpaired) electrons. The number of nitrogens with zero attached hydrogens (tertiary/aromatic N) is 1. The van der Waals surface area contributed by atoms with Gasteiger partial charge in [0.1, 0.15) is 9.39 Å². The third kappa shape index (κ3) is 5.46. The number of ether oxygens (including phenoxy) is 2. The van der Waals surface area contributed by atoms with Gasteiger partial charge in [-0.3, -0.25) is 4.79 Å². The monoisotopic (exact) mass is 353 g/mol. The van der Waals surface area contributed by atoms with E-state index in [0.717, 1.165) is 13.0 Å². The van der Waals surface area contributed by atoms with Gasteiger partial charge in [-0.1, -0.05) is 0 Å². The predicted molar refractivity (Wildman–Crippen MR) is 73.4 cm³/mol. The SMILES string of the molecule is COCCOCCCNc1nc[nH]c(=O)c1I. The zero-order valence-electron chi connectivity index (χ0n) is 9.66. The first-order valence-corrected chi connectivity index (χ1v) is 6.37. The van der Waals surface area contributed by atoms with Crippen molar-refractivity contribution in [3.05, 3.63) is 20.3 Å². The number of H-pyrrole nitrogens is 1. The van der Waals surface area contributed by atoms with Crippen LogP contribution in [0.4, 0.5) is 5.82 Å². The van der Waals surface area contributed by atoms with Gasteiger partial charge in [-0.05, 0) is 29.0 Å². The largest absolute Gasteiger partial charge is 0.382 e. The zero-order chi connectivity index (χ0) is 12.5. The number of hydrogen-bond donors (Lipinski definition) is 2. The molecule has 0 amide bonds. The molecule has 0 aromatic carbocycles. The highest BCUT2D eigenvalue weighted by molar-refractivity contribution is 14.1. The molecule has 0 bridgehead atoms. The van der Waals surface area contributed by atoms with Gasteiger partial charge in [0.05, 0.1) is 19.5 Å². The van der Waals surface area contributed by atoms with Gasteiger partial charge >= 0.3 is 0 Å². The van der Waals surface area contributed by atoms with Crippen molar-refractivity contribution in [3.8, 4) is 0 Å². The van der Waals surface area contributed by atoms with Gasteiger partial charge in [0.15, 0.2) is 0 Å². The van der Waals surface area contributed by atoms with Crippen LogP contribution in [0, 0.1) is 3.57 Å². The van der Waals surface area contributed by atoms with E-state index >= 15 is 0 Å². The van der Waals surface area contributed by atoms with Gasteiger partial charge in [-0.15, -0.1) is 0 Å². The van der Waals surface area contributed by atoms with Crippen LogP contribution in [-0.4, -0.2) is 43.4 Å². The smallest absolute Gasteiger partial charge is 0.266 e. The number of aromatic amines is 1. The first-order valence-electron chi connectivity index (χ1n) is 5.29. The quantitative estimate of drug-likeness (QED) is 0.535. The molecule has 17 heavy (non-hydrogen) atoms. The Hall–Kier alpha value is -0.670. The highest BCUT2D eigenvalue weighted by Crippen LogP contribution is 2.08. The van der Waals surface area contributed by atoms with Crippen molar-refractivity contribution in [2.75, 3.05) is 38.8 Å². The van der Waals surface area contributed by atoms with Gasteiger partial charge in [-0.25, -0.2) is 4.98 Å². The van der Waals surface area contributed by atoms with Gasteiger partial charge in [0, 0.05) is 20.3 Å². The van der Waals surface area contributed by atoms with E-state index in [9.17, 15) is 4.79 Å². The Balaban J connectivity index is 2.18.